The molecule has 0 saturated carbocycles. The van der Waals surface area contributed by atoms with Crippen molar-refractivity contribution in [2.75, 3.05) is 19.0 Å². The van der Waals surface area contributed by atoms with E-state index in [0.29, 0.717) is 5.02 Å². The molecule has 2 nitrogen and oxygen atoms in total. The molecule has 0 amide bonds. The second-order valence-electron chi connectivity index (χ2n) is 2.66. The van der Waals surface area contributed by atoms with Crippen LogP contribution in [-0.4, -0.2) is 19.2 Å². The third-order valence-corrected chi connectivity index (χ3v) is 2.30. The van der Waals surface area contributed by atoms with Crippen molar-refractivity contribution in [3.05, 3.63) is 22.2 Å². The second kappa shape index (κ2) is 3.42. The average molecular weight is 206 g/mol. The lowest BCUT2D eigenvalue weighted by Crippen LogP contribution is -2.08. The molecular weight excluding hydrogens is 197 g/mol. The summed E-state index contributed by atoms with van der Waals surface area (Å²) in [4.78, 5) is 1.84. The predicted molar refractivity (Wildman–Crippen MR) is 52.5 cm³/mol. The first-order chi connectivity index (χ1) is 5.52. The van der Waals surface area contributed by atoms with Crippen molar-refractivity contribution in [3.63, 3.8) is 0 Å². The van der Waals surface area contributed by atoms with E-state index in [1.54, 1.807) is 12.1 Å². The zero-order valence-corrected chi connectivity index (χ0v) is 8.32. The van der Waals surface area contributed by atoms with Crippen LogP contribution in [0.1, 0.15) is 0 Å². The van der Waals surface area contributed by atoms with Crippen LogP contribution in [0.15, 0.2) is 12.1 Å². The van der Waals surface area contributed by atoms with Gasteiger partial charge >= 0.3 is 0 Å². The first-order valence-electron chi connectivity index (χ1n) is 3.37. The lowest BCUT2D eigenvalue weighted by Gasteiger charge is -2.13. The van der Waals surface area contributed by atoms with E-state index in [9.17, 15) is 5.11 Å². The van der Waals surface area contributed by atoms with Crippen LogP contribution >= 0.6 is 23.2 Å². The zero-order valence-electron chi connectivity index (χ0n) is 6.81. The van der Waals surface area contributed by atoms with Crippen LogP contribution in [0.4, 0.5) is 5.69 Å². The fourth-order valence-electron chi connectivity index (χ4n) is 0.819. The van der Waals surface area contributed by atoms with Gasteiger partial charge < -0.3 is 10.0 Å². The fourth-order valence-corrected chi connectivity index (χ4v) is 1.14. The number of benzene rings is 1. The molecule has 0 atom stereocenters. The Hall–Kier alpha value is -0.600. The van der Waals surface area contributed by atoms with E-state index in [4.69, 9.17) is 23.2 Å². The molecule has 1 aromatic rings. The Morgan fingerprint density at radius 2 is 1.83 bits per heavy atom. The van der Waals surface area contributed by atoms with Gasteiger partial charge in [-0.25, -0.2) is 0 Å². The summed E-state index contributed by atoms with van der Waals surface area (Å²) in [6.45, 7) is 0. The molecule has 0 radical (unpaired) electrons. The van der Waals surface area contributed by atoms with E-state index in [1.165, 1.54) is 0 Å². The molecule has 4 heteroatoms. The van der Waals surface area contributed by atoms with E-state index in [2.05, 4.69) is 0 Å². The minimum Gasteiger partial charge on any atom is -0.506 e. The molecule has 0 heterocycles. The summed E-state index contributed by atoms with van der Waals surface area (Å²) >= 11 is 11.4. The standard InChI is InChI=1S/C8H9Cl2NO/c1-11(2)5-3-6(9)8(10)7(12)4-5/h3-4,12H,1-2H3. The lowest BCUT2D eigenvalue weighted by molar-refractivity contribution is 0.475. The number of rotatable bonds is 1. The van der Waals surface area contributed by atoms with Gasteiger partial charge in [-0.2, -0.15) is 0 Å². The largest absolute Gasteiger partial charge is 0.506 e. The number of phenolic OH excluding ortho intramolecular Hbond substituents is 1. The maximum atomic E-state index is 9.29. The van der Waals surface area contributed by atoms with Crippen molar-refractivity contribution in [2.45, 2.75) is 0 Å². The quantitative estimate of drug-likeness (QED) is 0.763. The first-order valence-corrected chi connectivity index (χ1v) is 4.13. The van der Waals surface area contributed by atoms with Crippen molar-refractivity contribution < 1.29 is 5.11 Å². The number of phenols is 1. The molecule has 1 N–H and O–H groups in total. The molecule has 0 aliphatic rings. The highest BCUT2D eigenvalue weighted by atomic mass is 35.5. The molecule has 0 fully saturated rings. The second-order valence-corrected chi connectivity index (χ2v) is 3.44. The number of halogens is 2. The molecule has 0 bridgehead atoms. The van der Waals surface area contributed by atoms with Crippen molar-refractivity contribution in [1.82, 2.24) is 0 Å². The average Bonchev–Trinajstić information content (AvgIpc) is 1.99. The van der Waals surface area contributed by atoms with E-state index in [1.807, 2.05) is 19.0 Å². The van der Waals surface area contributed by atoms with Gasteiger partial charge in [-0.3, -0.25) is 0 Å². The Labute approximate surface area is 81.3 Å². The summed E-state index contributed by atoms with van der Waals surface area (Å²) in [7, 11) is 3.72. The van der Waals surface area contributed by atoms with Crippen molar-refractivity contribution >= 4 is 28.9 Å². The van der Waals surface area contributed by atoms with E-state index in [-0.39, 0.29) is 10.8 Å². The Morgan fingerprint density at radius 1 is 1.25 bits per heavy atom. The molecular formula is C8H9Cl2NO. The molecule has 0 aromatic heterocycles. The number of hydrogen-bond donors (Lipinski definition) is 1. The van der Waals surface area contributed by atoms with Crippen LogP contribution in [0.3, 0.4) is 0 Å². The van der Waals surface area contributed by atoms with Gasteiger partial charge in [0.15, 0.2) is 0 Å². The topological polar surface area (TPSA) is 23.5 Å². The Bertz CT molecular complexity index is 276. The number of hydrogen-bond acceptors (Lipinski definition) is 2. The molecule has 0 aliphatic heterocycles. The van der Waals surface area contributed by atoms with Crippen LogP contribution in [0, 0.1) is 0 Å². The normalized spacial score (nSPS) is 10.0. The number of nitrogens with zero attached hydrogens (tertiary/aromatic N) is 1. The molecule has 1 rings (SSSR count). The third-order valence-electron chi connectivity index (χ3n) is 1.51. The van der Waals surface area contributed by atoms with E-state index in [0.717, 1.165) is 5.69 Å². The Balaban J connectivity index is 3.21. The van der Waals surface area contributed by atoms with E-state index >= 15 is 0 Å². The summed E-state index contributed by atoms with van der Waals surface area (Å²) in [5.41, 5.74) is 0.821. The van der Waals surface area contributed by atoms with Gasteiger partial charge in [-0.1, -0.05) is 23.2 Å². The van der Waals surface area contributed by atoms with Crippen molar-refractivity contribution in [2.24, 2.45) is 0 Å². The van der Waals surface area contributed by atoms with Gasteiger partial charge in [0.25, 0.3) is 0 Å². The minimum absolute atomic E-state index is 0.00728. The predicted octanol–water partition coefficient (Wildman–Crippen LogP) is 2.77. The Morgan fingerprint density at radius 3 is 2.25 bits per heavy atom. The van der Waals surface area contributed by atoms with Crippen LogP contribution in [0.2, 0.25) is 10.0 Å². The fraction of sp³-hybridized carbons (Fsp3) is 0.250. The maximum Gasteiger partial charge on any atom is 0.137 e. The van der Waals surface area contributed by atoms with Gasteiger partial charge in [0.05, 0.1) is 5.02 Å². The van der Waals surface area contributed by atoms with Crippen LogP contribution in [0.5, 0.6) is 5.75 Å². The highest BCUT2D eigenvalue weighted by Crippen LogP contribution is 2.34. The van der Waals surface area contributed by atoms with Gasteiger partial charge in [-0.15, -0.1) is 0 Å². The smallest absolute Gasteiger partial charge is 0.137 e. The summed E-state index contributed by atoms with van der Waals surface area (Å²) in [6.07, 6.45) is 0. The van der Waals surface area contributed by atoms with Crippen molar-refractivity contribution in [1.29, 1.82) is 0 Å². The monoisotopic (exact) mass is 205 g/mol. The van der Waals surface area contributed by atoms with Gasteiger partial charge in [0, 0.05) is 25.8 Å². The highest BCUT2D eigenvalue weighted by molar-refractivity contribution is 6.43. The van der Waals surface area contributed by atoms with Crippen LogP contribution in [0.25, 0.3) is 0 Å². The molecule has 0 aliphatic carbocycles. The number of anilines is 1. The van der Waals surface area contributed by atoms with Gasteiger partial charge in [-0.05, 0) is 6.07 Å². The summed E-state index contributed by atoms with van der Waals surface area (Å²) < 4.78 is 0. The first kappa shape index (κ1) is 9.49. The SMILES string of the molecule is CN(C)c1cc(O)c(Cl)c(Cl)c1. The maximum absolute atomic E-state index is 9.29. The van der Waals surface area contributed by atoms with Crippen LogP contribution in [-0.2, 0) is 0 Å². The molecule has 1 aromatic carbocycles. The minimum atomic E-state index is 0.00728. The highest BCUT2D eigenvalue weighted by Gasteiger charge is 2.06. The zero-order chi connectivity index (χ0) is 9.30. The third kappa shape index (κ3) is 1.76. The lowest BCUT2D eigenvalue weighted by atomic mass is 10.3. The summed E-state index contributed by atoms with van der Waals surface area (Å²) in [6, 6.07) is 3.26. The molecule has 0 spiro atoms. The van der Waals surface area contributed by atoms with Gasteiger partial charge in [0.1, 0.15) is 10.8 Å². The summed E-state index contributed by atoms with van der Waals surface area (Å²) in [5, 5.41) is 9.84. The van der Waals surface area contributed by atoms with E-state index < -0.39 is 0 Å². The molecule has 12 heavy (non-hydrogen) atoms. The van der Waals surface area contributed by atoms with Crippen molar-refractivity contribution in [3.8, 4) is 5.75 Å². The molecule has 0 unspecified atom stereocenters. The summed E-state index contributed by atoms with van der Waals surface area (Å²) in [5.74, 6) is 0.00728. The molecule has 0 saturated heterocycles. The molecule has 66 valence electrons. The van der Waals surface area contributed by atoms with Crippen LogP contribution < -0.4 is 4.90 Å². The van der Waals surface area contributed by atoms with Gasteiger partial charge in [0.2, 0.25) is 0 Å². The Kier molecular flexibility index (Phi) is 2.70. The number of aromatic hydroxyl groups is 1.